The highest BCUT2D eigenvalue weighted by Crippen LogP contribution is 2.16. The molecule has 0 bridgehead atoms. The zero-order valence-corrected chi connectivity index (χ0v) is 9.48. The van der Waals surface area contributed by atoms with Gasteiger partial charge in [-0.1, -0.05) is 0 Å². The molecule has 1 fully saturated rings. The molecule has 17 heavy (non-hydrogen) atoms. The Balaban J connectivity index is 2.00. The van der Waals surface area contributed by atoms with Gasteiger partial charge in [-0.2, -0.15) is 0 Å². The molecule has 0 atom stereocenters. The molecule has 5 heteroatoms. The van der Waals surface area contributed by atoms with Crippen molar-refractivity contribution >= 4 is 0 Å². The second-order valence-corrected chi connectivity index (χ2v) is 4.16. The molecule has 0 unspecified atom stereocenters. The quantitative estimate of drug-likeness (QED) is 0.812. The highest BCUT2D eigenvalue weighted by molar-refractivity contribution is 5.21. The Morgan fingerprint density at radius 3 is 2.41 bits per heavy atom. The fourth-order valence-electron chi connectivity index (χ4n) is 2.00. The summed E-state index contributed by atoms with van der Waals surface area (Å²) < 4.78 is 39.7. The predicted molar refractivity (Wildman–Crippen MR) is 59.3 cm³/mol. The van der Waals surface area contributed by atoms with Gasteiger partial charge in [0.05, 0.1) is 0 Å². The summed E-state index contributed by atoms with van der Waals surface area (Å²) in [4.78, 5) is 2.11. The lowest BCUT2D eigenvalue weighted by Gasteiger charge is -2.27. The maximum absolute atomic E-state index is 13.4. The van der Waals surface area contributed by atoms with Gasteiger partial charge in [0.2, 0.25) is 0 Å². The zero-order chi connectivity index (χ0) is 12.3. The lowest BCUT2D eigenvalue weighted by Crippen LogP contribution is -2.44. The van der Waals surface area contributed by atoms with E-state index in [-0.39, 0.29) is 12.0 Å². The molecule has 94 valence electrons. The van der Waals surface area contributed by atoms with Gasteiger partial charge in [0.1, 0.15) is 5.82 Å². The van der Waals surface area contributed by atoms with Crippen molar-refractivity contribution in [3.05, 3.63) is 35.1 Å². The molecule has 0 spiro atoms. The van der Waals surface area contributed by atoms with Crippen LogP contribution in [0.4, 0.5) is 13.2 Å². The topological polar surface area (TPSA) is 15.3 Å². The SMILES string of the molecule is Fc1ccc(F)c(CCN2CCNCC2)c1F. The van der Waals surface area contributed by atoms with Crippen LogP contribution in [0.25, 0.3) is 0 Å². The molecule has 1 aromatic rings. The maximum atomic E-state index is 13.4. The fourth-order valence-corrected chi connectivity index (χ4v) is 2.00. The molecule has 1 heterocycles. The summed E-state index contributed by atoms with van der Waals surface area (Å²) in [6.45, 7) is 4.04. The molecule has 0 saturated carbocycles. The largest absolute Gasteiger partial charge is 0.314 e. The van der Waals surface area contributed by atoms with Gasteiger partial charge in [-0.25, -0.2) is 13.2 Å². The van der Waals surface area contributed by atoms with Gasteiger partial charge in [0.15, 0.2) is 11.6 Å². The molecule has 1 aromatic carbocycles. The number of nitrogens with zero attached hydrogens (tertiary/aromatic N) is 1. The third-order valence-electron chi connectivity index (χ3n) is 3.03. The molecule has 0 amide bonds. The number of nitrogens with one attached hydrogen (secondary N) is 1. The summed E-state index contributed by atoms with van der Waals surface area (Å²) >= 11 is 0. The Hall–Kier alpha value is -1.07. The standard InChI is InChI=1S/C12H15F3N2/c13-10-1-2-11(14)12(15)9(10)3-6-17-7-4-16-5-8-17/h1-2,16H,3-8H2. The van der Waals surface area contributed by atoms with E-state index in [1.165, 1.54) is 0 Å². The molecule has 1 N–H and O–H groups in total. The smallest absolute Gasteiger partial charge is 0.164 e. The summed E-state index contributed by atoms with van der Waals surface area (Å²) in [6, 6.07) is 1.80. The fraction of sp³-hybridized carbons (Fsp3) is 0.500. The van der Waals surface area contributed by atoms with Crippen LogP contribution in [0.3, 0.4) is 0 Å². The van der Waals surface area contributed by atoms with Gasteiger partial charge in [-0.15, -0.1) is 0 Å². The molecule has 0 aliphatic carbocycles. The predicted octanol–water partition coefficient (Wildman–Crippen LogP) is 1.55. The van der Waals surface area contributed by atoms with Crippen molar-refractivity contribution in [1.82, 2.24) is 10.2 Å². The van der Waals surface area contributed by atoms with Crippen molar-refractivity contribution < 1.29 is 13.2 Å². The number of rotatable bonds is 3. The lowest BCUT2D eigenvalue weighted by atomic mass is 10.1. The maximum Gasteiger partial charge on any atom is 0.164 e. The highest BCUT2D eigenvalue weighted by Gasteiger charge is 2.16. The van der Waals surface area contributed by atoms with Crippen LogP contribution < -0.4 is 5.32 Å². The summed E-state index contributed by atoms with van der Waals surface area (Å²) in [5, 5.41) is 3.19. The molecule has 1 saturated heterocycles. The van der Waals surface area contributed by atoms with Crippen LogP contribution in [0.5, 0.6) is 0 Å². The van der Waals surface area contributed by atoms with Gasteiger partial charge in [-0.05, 0) is 18.6 Å². The number of hydrogen-bond donors (Lipinski definition) is 1. The van der Waals surface area contributed by atoms with Gasteiger partial charge in [-0.3, -0.25) is 0 Å². The van der Waals surface area contributed by atoms with Crippen molar-refractivity contribution in [3.63, 3.8) is 0 Å². The normalized spacial score (nSPS) is 17.4. The van der Waals surface area contributed by atoms with Gasteiger partial charge < -0.3 is 10.2 Å². The molecular weight excluding hydrogens is 229 g/mol. The Kier molecular flexibility index (Phi) is 4.02. The monoisotopic (exact) mass is 244 g/mol. The first-order valence-corrected chi connectivity index (χ1v) is 5.74. The zero-order valence-electron chi connectivity index (χ0n) is 9.48. The Morgan fingerprint density at radius 1 is 1.06 bits per heavy atom. The van der Waals surface area contributed by atoms with Crippen LogP contribution in [0.15, 0.2) is 12.1 Å². The van der Waals surface area contributed by atoms with E-state index in [1.807, 2.05) is 0 Å². The van der Waals surface area contributed by atoms with Crippen LogP contribution in [0, 0.1) is 17.5 Å². The van der Waals surface area contributed by atoms with Crippen molar-refractivity contribution in [3.8, 4) is 0 Å². The van der Waals surface area contributed by atoms with E-state index in [0.717, 1.165) is 38.3 Å². The summed E-state index contributed by atoms with van der Waals surface area (Å²) in [7, 11) is 0. The average Bonchev–Trinajstić information content (AvgIpc) is 2.35. The minimum atomic E-state index is -1.06. The van der Waals surface area contributed by atoms with Gasteiger partial charge in [0.25, 0.3) is 0 Å². The van der Waals surface area contributed by atoms with Crippen molar-refractivity contribution in [2.75, 3.05) is 32.7 Å². The Labute approximate surface area is 98.4 Å². The van der Waals surface area contributed by atoms with Crippen LogP contribution in [-0.4, -0.2) is 37.6 Å². The average molecular weight is 244 g/mol. The Morgan fingerprint density at radius 2 is 1.71 bits per heavy atom. The van der Waals surface area contributed by atoms with E-state index < -0.39 is 17.5 Å². The first-order chi connectivity index (χ1) is 8.18. The van der Waals surface area contributed by atoms with Crippen molar-refractivity contribution in [2.24, 2.45) is 0 Å². The molecule has 1 aliphatic heterocycles. The van der Waals surface area contributed by atoms with E-state index in [4.69, 9.17) is 0 Å². The lowest BCUT2D eigenvalue weighted by molar-refractivity contribution is 0.242. The molecule has 2 rings (SSSR count). The van der Waals surface area contributed by atoms with E-state index in [9.17, 15) is 13.2 Å². The van der Waals surface area contributed by atoms with Crippen molar-refractivity contribution in [2.45, 2.75) is 6.42 Å². The summed E-state index contributed by atoms with van der Waals surface area (Å²) in [5.41, 5.74) is -0.150. The molecule has 1 aliphatic rings. The first-order valence-electron chi connectivity index (χ1n) is 5.74. The third-order valence-corrected chi connectivity index (χ3v) is 3.03. The highest BCUT2D eigenvalue weighted by atomic mass is 19.2. The van der Waals surface area contributed by atoms with Crippen LogP contribution >= 0.6 is 0 Å². The number of halogens is 3. The third kappa shape index (κ3) is 2.98. The molecule has 0 radical (unpaired) electrons. The molecule has 2 nitrogen and oxygen atoms in total. The summed E-state index contributed by atoms with van der Waals surface area (Å²) in [5.74, 6) is -2.71. The van der Waals surface area contributed by atoms with E-state index >= 15 is 0 Å². The van der Waals surface area contributed by atoms with E-state index in [2.05, 4.69) is 10.2 Å². The van der Waals surface area contributed by atoms with Gasteiger partial charge >= 0.3 is 0 Å². The van der Waals surface area contributed by atoms with Crippen LogP contribution in [-0.2, 0) is 6.42 Å². The summed E-state index contributed by atoms with van der Waals surface area (Å²) in [6.07, 6.45) is 0.204. The molecule has 0 aromatic heterocycles. The first kappa shape index (κ1) is 12.4. The molecular formula is C12H15F3N2. The number of benzene rings is 1. The van der Waals surface area contributed by atoms with Gasteiger partial charge in [0, 0.05) is 38.3 Å². The van der Waals surface area contributed by atoms with E-state index in [1.54, 1.807) is 0 Å². The van der Waals surface area contributed by atoms with Crippen molar-refractivity contribution in [1.29, 1.82) is 0 Å². The van der Waals surface area contributed by atoms with Crippen LogP contribution in [0.1, 0.15) is 5.56 Å². The van der Waals surface area contributed by atoms with E-state index in [0.29, 0.717) is 6.54 Å². The second kappa shape index (κ2) is 5.51. The van der Waals surface area contributed by atoms with Crippen LogP contribution in [0.2, 0.25) is 0 Å². The number of hydrogen-bond acceptors (Lipinski definition) is 2. The second-order valence-electron chi connectivity index (χ2n) is 4.16. The Bertz CT molecular complexity index is 390. The minimum Gasteiger partial charge on any atom is -0.314 e. The number of piperazine rings is 1. The minimum absolute atomic E-state index is 0.150.